The van der Waals surface area contributed by atoms with Gasteiger partial charge in [0.2, 0.25) is 5.91 Å². The highest BCUT2D eigenvalue weighted by Gasteiger charge is 2.07. The number of anilines is 4. The molecule has 2 aromatic carbocycles. The maximum absolute atomic E-state index is 11.1. The first-order valence-corrected chi connectivity index (χ1v) is 8.96. The second kappa shape index (κ2) is 9.48. The van der Waals surface area contributed by atoms with E-state index in [-0.39, 0.29) is 5.91 Å². The van der Waals surface area contributed by atoms with E-state index in [4.69, 9.17) is 4.74 Å². The molecule has 1 aromatic heterocycles. The largest absolute Gasteiger partial charge is 0.383 e. The Hall–Kier alpha value is -3.45. The molecule has 0 aliphatic heterocycles. The highest BCUT2D eigenvalue weighted by atomic mass is 16.5. The first kappa shape index (κ1) is 19.3. The molecule has 0 aliphatic rings. The van der Waals surface area contributed by atoms with Crippen LogP contribution >= 0.6 is 0 Å². The molecular formula is C21H23N5O2. The van der Waals surface area contributed by atoms with Crippen LogP contribution in [0.25, 0.3) is 11.4 Å². The fourth-order valence-corrected chi connectivity index (χ4v) is 2.59. The fraction of sp³-hybridized carbons (Fsp3) is 0.190. The van der Waals surface area contributed by atoms with Crippen molar-refractivity contribution < 1.29 is 9.53 Å². The smallest absolute Gasteiger partial charge is 0.221 e. The van der Waals surface area contributed by atoms with Crippen molar-refractivity contribution in [2.45, 2.75) is 6.92 Å². The first-order valence-electron chi connectivity index (χ1n) is 8.96. The molecule has 0 saturated heterocycles. The number of nitrogens with one attached hydrogen (secondary N) is 3. The summed E-state index contributed by atoms with van der Waals surface area (Å²) in [6, 6.07) is 19.1. The van der Waals surface area contributed by atoms with Gasteiger partial charge in [-0.05, 0) is 24.3 Å². The molecule has 3 aromatic rings. The maximum Gasteiger partial charge on any atom is 0.221 e. The summed E-state index contributed by atoms with van der Waals surface area (Å²) in [5.74, 6) is 1.90. The Morgan fingerprint density at radius 1 is 0.964 bits per heavy atom. The average molecular weight is 377 g/mol. The van der Waals surface area contributed by atoms with E-state index in [1.807, 2.05) is 60.7 Å². The van der Waals surface area contributed by atoms with Gasteiger partial charge in [-0.25, -0.2) is 9.97 Å². The van der Waals surface area contributed by atoms with Crippen LogP contribution in [0.2, 0.25) is 0 Å². The third kappa shape index (κ3) is 5.52. The van der Waals surface area contributed by atoms with E-state index in [1.54, 1.807) is 7.11 Å². The second-order valence-electron chi connectivity index (χ2n) is 6.13. The van der Waals surface area contributed by atoms with Crippen molar-refractivity contribution in [2.24, 2.45) is 0 Å². The molecule has 3 rings (SSSR count). The lowest BCUT2D eigenvalue weighted by Gasteiger charge is -2.12. The molecule has 0 radical (unpaired) electrons. The van der Waals surface area contributed by atoms with Gasteiger partial charge in [0.05, 0.1) is 6.61 Å². The van der Waals surface area contributed by atoms with Gasteiger partial charge in [-0.2, -0.15) is 0 Å². The van der Waals surface area contributed by atoms with Crippen molar-refractivity contribution in [1.29, 1.82) is 0 Å². The standard InChI is InChI=1S/C21H23N5O2/c1-15(27)23-17-8-10-18(11-9-17)24-20-14-19(22-12-13-28-2)25-21(26-20)16-6-4-3-5-7-16/h3-11,14H,12-13H2,1-2H3,(H,23,27)(H2,22,24,25,26). The van der Waals surface area contributed by atoms with Gasteiger partial charge < -0.3 is 20.7 Å². The number of carbonyl (C=O) groups excluding carboxylic acids is 1. The number of methoxy groups -OCH3 is 1. The molecule has 7 heteroatoms. The van der Waals surface area contributed by atoms with Crippen LogP contribution in [0.3, 0.4) is 0 Å². The van der Waals surface area contributed by atoms with Crippen molar-refractivity contribution >= 4 is 28.9 Å². The number of rotatable bonds is 8. The van der Waals surface area contributed by atoms with Crippen molar-refractivity contribution in [3.8, 4) is 11.4 Å². The molecule has 1 amide bonds. The molecule has 1 heterocycles. The van der Waals surface area contributed by atoms with Gasteiger partial charge in [-0.3, -0.25) is 4.79 Å². The van der Waals surface area contributed by atoms with Crippen LogP contribution in [0.1, 0.15) is 6.92 Å². The zero-order valence-corrected chi connectivity index (χ0v) is 15.9. The first-order chi connectivity index (χ1) is 13.6. The predicted octanol–water partition coefficient (Wildman–Crippen LogP) is 3.90. The predicted molar refractivity (Wildman–Crippen MR) is 112 cm³/mol. The number of aromatic nitrogens is 2. The van der Waals surface area contributed by atoms with Crippen LogP contribution in [-0.2, 0) is 9.53 Å². The third-order valence-corrected chi connectivity index (χ3v) is 3.85. The molecule has 7 nitrogen and oxygen atoms in total. The van der Waals surface area contributed by atoms with E-state index in [0.29, 0.717) is 30.6 Å². The summed E-state index contributed by atoms with van der Waals surface area (Å²) in [6.45, 7) is 2.71. The van der Waals surface area contributed by atoms with Gasteiger partial charge in [0, 0.05) is 43.6 Å². The Kier molecular flexibility index (Phi) is 6.54. The van der Waals surface area contributed by atoms with Crippen LogP contribution in [-0.4, -0.2) is 36.1 Å². The van der Waals surface area contributed by atoms with E-state index in [9.17, 15) is 4.79 Å². The molecule has 144 valence electrons. The SMILES string of the molecule is COCCNc1cc(Nc2ccc(NC(C)=O)cc2)nc(-c2ccccc2)n1. The van der Waals surface area contributed by atoms with Gasteiger partial charge in [-0.1, -0.05) is 30.3 Å². The number of carbonyl (C=O) groups is 1. The van der Waals surface area contributed by atoms with Gasteiger partial charge in [0.25, 0.3) is 0 Å². The Morgan fingerprint density at radius 3 is 2.32 bits per heavy atom. The monoisotopic (exact) mass is 377 g/mol. The van der Waals surface area contributed by atoms with Crippen LogP contribution < -0.4 is 16.0 Å². The molecule has 0 atom stereocenters. The summed E-state index contributed by atoms with van der Waals surface area (Å²) < 4.78 is 5.09. The second-order valence-corrected chi connectivity index (χ2v) is 6.13. The molecule has 0 fully saturated rings. The van der Waals surface area contributed by atoms with E-state index in [2.05, 4.69) is 25.9 Å². The summed E-state index contributed by atoms with van der Waals surface area (Å²) in [6.07, 6.45) is 0. The summed E-state index contributed by atoms with van der Waals surface area (Å²) >= 11 is 0. The van der Waals surface area contributed by atoms with E-state index in [0.717, 1.165) is 16.9 Å². The lowest BCUT2D eigenvalue weighted by Crippen LogP contribution is -2.10. The molecule has 0 unspecified atom stereocenters. The molecule has 28 heavy (non-hydrogen) atoms. The topological polar surface area (TPSA) is 88.2 Å². The molecular weight excluding hydrogens is 354 g/mol. The quantitative estimate of drug-likeness (QED) is 0.516. The Labute approximate surface area is 164 Å². The summed E-state index contributed by atoms with van der Waals surface area (Å²) in [5, 5.41) is 9.29. The molecule has 0 spiro atoms. The average Bonchev–Trinajstić information content (AvgIpc) is 2.70. The van der Waals surface area contributed by atoms with Gasteiger partial charge >= 0.3 is 0 Å². The third-order valence-electron chi connectivity index (χ3n) is 3.85. The minimum Gasteiger partial charge on any atom is -0.383 e. The van der Waals surface area contributed by atoms with Crippen molar-refractivity contribution in [2.75, 3.05) is 36.2 Å². The fourth-order valence-electron chi connectivity index (χ4n) is 2.59. The van der Waals surface area contributed by atoms with Crippen molar-refractivity contribution in [1.82, 2.24) is 9.97 Å². The lowest BCUT2D eigenvalue weighted by atomic mass is 10.2. The number of benzene rings is 2. The van der Waals surface area contributed by atoms with Gasteiger partial charge in [0.15, 0.2) is 5.82 Å². The zero-order valence-electron chi connectivity index (χ0n) is 15.9. The highest BCUT2D eigenvalue weighted by molar-refractivity contribution is 5.88. The van der Waals surface area contributed by atoms with E-state index < -0.39 is 0 Å². The zero-order chi connectivity index (χ0) is 19.8. The highest BCUT2D eigenvalue weighted by Crippen LogP contribution is 2.23. The maximum atomic E-state index is 11.1. The van der Waals surface area contributed by atoms with Crippen molar-refractivity contribution in [3.05, 3.63) is 60.7 Å². The number of ether oxygens (including phenoxy) is 1. The summed E-state index contributed by atoms with van der Waals surface area (Å²) in [5.41, 5.74) is 2.53. The van der Waals surface area contributed by atoms with Crippen LogP contribution in [0, 0.1) is 0 Å². The van der Waals surface area contributed by atoms with Crippen LogP contribution in [0.4, 0.5) is 23.0 Å². The van der Waals surface area contributed by atoms with Gasteiger partial charge in [0.1, 0.15) is 11.6 Å². The molecule has 0 saturated carbocycles. The van der Waals surface area contributed by atoms with E-state index >= 15 is 0 Å². The molecule has 3 N–H and O–H groups in total. The summed E-state index contributed by atoms with van der Waals surface area (Å²) in [7, 11) is 1.66. The number of hydrogen-bond acceptors (Lipinski definition) is 6. The molecule has 0 aliphatic carbocycles. The Morgan fingerprint density at radius 2 is 1.64 bits per heavy atom. The van der Waals surface area contributed by atoms with Gasteiger partial charge in [-0.15, -0.1) is 0 Å². The van der Waals surface area contributed by atoms with E-state index in [1.165, 1.54) is 6.92 Å². The Balaban J connectivity index is 1.84. The lowest BCUT2D eigenvalue weighted by molar-refractivity contribution is -0.114. The number of hydrogen-bond donors (Lipinski definition) is 3. The molecule has 0 bridgehead atoms. The summed E-state index contributed by atoms with van der Waals surface area (Å²) in [4.78, 5) is 20.4. The minimum atomic E-state index is -0.101. The number of nitrogens with zero attached hydrogens (tertiary/aromatic N) is 2. The minimum absolute atomic E-state index is 0.101. The van der Waals surface area contributed by atoms with Crippen LogP contribution in [0.15, 0.2) is 60.7 Å². The number of amides is 1. The van der Waals surface area contributed by atoms with Crippen molar-refractivity contribution in [3.63, 3.8) is 0 Å². The van der Waals surface area contributed by atoms with Crippen LogP contribution in [0.5, 0.6) is 0 Å². The Bertz CT molecular complexity index is 914. The normalized spacial score (nSPS) is 10.4.